The molecule has 0 saturated carbocycles. The first-order valence-corrected chi connectivity index (χ1v) is 12.6. The van der Waals surface area contributed by atoms with Gasteiger partial charge in [0.15, 0.2) is 5.69 Å². The molecule has 188 valence electrons. The SMILES string of the molecule is Cc1c(C(=O)NS(=O)(=O)c2cc(C(C)C)ccc2C(C)C)nnn1-c1ccc(OC(F)F)cc1Cl. The Bertz CT molecular complexity index is 1360. The average molecular weight is 527 g/mol. The second-order valence-corrected chi connectivity index (χ2v) is 10.5. The van der Waals surface area contributed by atoms with Crippen LogP contribution in [0.5, 0.6) is 5.75 Å². The molecule has 0 bridgehead atoms. The highest BCUT2D eigenvalue weighted by Crippen LogP contribution is 2.29. The third-order valence-electron chi connectivity index (χ3n) is 5.33. The number of sulfonamides is 1. The van der Waals surface area contributed by atoms with Gasteiger partial charge in [0.25, 0.3) is 15.9 Å². The van der Waals surface area contributed by atoms with Gasteiger partial charge < -0.3 is 4.74 Å². The van der Waals surface area contributed by atoms with Crippen LogP contribution in [0.2, 0.25) is 5.02 Å². The van der Waals surface area contributed by atoms with Crippen molar-refractivity contribution in [2.24, 2.45) is 0 Å². The van der Waals surface area contributed by atoms with Crippen LogP contribution in [0.3, 0.4) is 0 Å². The molecule has 35 heavy (non-hydrogen) atoms. The van der Waals surface area contributed by atoms with Crippen molar-refractivity contribution in [2.75, 3.05) is 0 Å². The van der Waals surface area contributed by atoms with Crippen LogP contribution in [0.15, 0.2) is 41.3 Å². The summed E-state index contributed by atoms with van der Waals surface area (Å²) in [4.78, 5) is 12.9. The normalized spacial score (nSPS) is 12.0. The summed E-state index contributed by atoms with van der Waals surface area (Å²) in [6.07, 6.45) is 0. The highest BCUT2D eigenvalue weighted by molar-refractivity contribution is 7.90. The zero-order valence-corrected chi connectivity index (χ0v) is 21.3. The molecule has 1 heterocycles. The summed E-state index contributed by atoms with van der Waals surface area (Å²) in [5.74, 6) is -1.13. The third-order valence-corrected chi connectivity index (χ3v) is 7.01. The lowest BCUT2D eigenvalue weighted by Gasteiger charge is -2.16. The predicted molar refractivity (Wildman–Crippen MR) is 127 cm³/mol. The third kappa shape index (κ3) is 5.79. The summed E-state index contributed by atoms with van der Waals surface area (Å²) >= 11 is 6.17. The second-order valence-electron chi connectivity index (χ2n) is 8.47. The average Bonchev–Trinajstić information content (AvgIpc) is 3.13. The van der Waals surface area contributed by atoms with E-state index in [0.29, 0.717) is 5.56 Å². The first kappa shape index (κ1) is 26.6. The topological polar surface area (TPSA) is 103 Å². The van der Waals surface area contributed by atoms with E-state index in [0.717, 1.165) is 5.56 Å². The fraction of sp³-hybridized carbons (Fsp3) is 0.348. The van der Waals surface area contributed by atoms with Crippen molar-refractivity contribution in [3.05, 3.63) is 63.9 Å². The van der Waals surface area contributed by atoms with Crippen LogP contribution in [0, 0.1) is 6.92 Å². The van der Waals surface area contributed by atoms with E-state index in [4.69, 9.17) is 11.6 Å². The Balaban J connectivity index is 1.93. The Morgan fingerprint density at radius 2 is 1.77 bits per heavy atom. The van der Waals surface area contributed by atoms with Gasteiger partial charge in [-0.15, -0.1) is 5.10 Å². The largest absolute Gasteiger partial charge is 0.435 e. The minimum absolute atomic E-state index is 0.0165. The second kappa shape index (κ2) is 10.3. The van der Waals surface area contributed by atoms with Crippen LogP contribution in [-0.2, 0) is 10.0 Å². The lowest BCUT2D eigenvalue weighted by atomic mass is 9.97. The van der Waals surface area contributed by atoms with Crippen LogP contribution < -0.4 is 9.46 Å². The number of carbonyl (C=O) groups excluding carboxylic acids is 1. The Kier molecular flexibility index (Phi) is 7.80. The van der Waals surface area contributed by atoms with Gasteiger partial charge in [-0.1, -0.05) is 56.6 Å². The zero-order valence-electron chi connectivity index (χ0n) is 19.7. The van der Waals surface area contributed by atoms with Crippen LogP contribution in [-0.4, -0.2) is 35.9 Å². The maximum absolute atomic E-state index is 13.2. The van der Waals surface area contributed by atoms with E-state index in [-0.39, 0.29) is 44.6 Å². The minimum atomic E-state index is -4.23. The fourth-order valence-electron chi connectivity index (χ4n) is 3.45. The van der Waals surface area contributed by atoms with Gasteiger partial charge in [-0.2, -0.15) is 8.78 Å². The molecular formula is C23H25ClF2N4O4S. The highest BCUT2D eigenvalue weighted by atomic mass is 35.5. The molecule has 12 heteroatoms. The molecule has 2 aromatic carbocycles. The lowest BCUT2D eigenvalue weighted by Crippen LogP contribution is -2.32. The number of nitrogens with one attached hydrogen (secondary N) is 1. The molecule has 8 nitrogen and oxygen atoms in total. The minimum Gasteiger partial charge on any atom is -0.435 e. The Labute approximate surface area is 207 Å². The van der Waals surface area contributed by atoms with E-state index in [1.54, 1.807) is 12.1 Å². The summed E-state index contributed by atoms with van der Waals surface area (Å²) in [5.41, 5.74) is 1.60. The van der Waals surface area contributed by atoms with E-state index < -0.39 is 22.5 Å². The van der Waals surface area contributed by atoms with E-state index in [9.17, 15) is 22.0 Å². The predicted octanol–water partition coefficient (Wildman–Crippen LogP) is 5.20. The number of hydrogen-bond acceptors (Lipinski definition) is 6. The van der Waals surface area contributed by atoms with Crippen LogP contribution in [0.4, 0.5) is 8.78 Å². The Morgan fingerprint density at radius 1 is 1.09 bits per heavy atom. The van der Waals surface area contributed by atoms with Gasteiger partial charge in [0.05, 0.1) is 21.3 Å². The summed E-state index contributed by atoms with van der Waals surface area (Å²) in [7, 11) is -4.23. The molecule has 3 aromatic rings. The maximum atomic E-state index is 13.2. The number of nitrogens with zero attached hydrogens (tertiary/aromatic N) is 3. The molecule has 0 aliphatic carbocycles. The molecule has 0 saturated heterocycles. The van der Waals surface area contributed by atoms with Crippen molar-refractivity contribution in [3.63, 3.8) is 0 Å². The van der Waals surface area contributed by atoms with Crippen molar-refractivity contribution in [1.29, 1.82) is 0 Å². The van der Waals surface area contributed by atoms with Crippen LogP contribution >= 0.6 is 11.6 Å². The molecule has 0 fully saturated rings. The van der Waals surface area contributed by atoms with Gasteiger partial charge in [0.2, 0.25) is 0 Å². The van der Waals surface area contributed by atoms with Crippen molar-refractivity contribution >= 4 is 27.5 Å². The number of benzene rings is 2. The van der Waals surface area contributed by atoms with Gasteiger partial charge in [-0.05, 0) is 48.1 Å². The molecule has 0 aliphatic heterocycles. The van der Waals surface area contributed by atoms with Gasteiger partial charge in [0, 0.05) is 6.07 Å². The first-order valence-electron chi connectivity index (χ1n) is 10.7. The zero-order chi connectivity index (χ0) is 26.1. The lowest BCUT2D eigenvalue weighted by molar-refractivity contribution is -0.0498. The van der Waals surface area contributed by atoms with Crippen molar-refractivity contribution in [1.82, 2.24) is 19.7 Å². The Hall–Kier alpha value is -3.05. The van der Waals surface area contributed by atoms with Gasteiger partial charge in [-0.25, -0.2) is 17.8 Å². The molecule has 1 aromatic heterocycles. The Morgan fingerprint density at radius 3 is 2.34 bits per heavy atom. The van der Waals surface area contributed by atoms with Crippen molar-refractivity contribution in [3.8, 4) is 11.4 Å². The number of hydrogen-bond donors (Lipinski definition) is 1. The van der Waals surface area contributed by atoms with Crippen LogP contribution in [0.25, 0.3) is 5.69 Å². The molecule has 0 aliphatic rings. The number of ether oxygens (including phenoxy) is 1. The standard InChI is InChI=1S/C23H25ClF2N4O4S/c1-12(2)15-6-8-17(13(3)4)20(10-15)35(32,33)28-22(31)21-14(5)30(29-27-21)19-9-7-16(11-18(19)24)34-23(25)26/h6-13,23H,1-5H3,(H,28,31). The van der Waals surface area contributed by atoms with Gasteiger partial charge in [-0.3, -0.25) is 4.79 Å². The number of rotatable bonds is 8. The number of alkyl halides is 2. The number of halogens is 3. The van der Waals surface area contributed by atoms with Crippen LogP contribution in [0.1, 0.15) is 66.8 Å². The molecule has 1 N–H and O–H groups in total. The van der Waals surface area contributed by atoms with Crippen molar-refractivity contribution < 1.29 is 26.7 Å². The van der Waals surface area contributed by atoms with Gasteiger partial charge in [0.1, 0.15) is 5.75 Å². The first-order chi connectivity index (χ1) is 16.3. The van der Waals surface area contributed by atoms with E-state index >= 15 is 0 Å². The molecule has 0 radical (unpaired) electrons. The van der Waals surface area contributed by atoms with E-state index in [1.165, 1.54) is 29.8 Å². The highest BCUT2D eigenvalue weighted by Gasteiger charge is 2.27. The monoisotopic (exact) mass is 526 g/mol. The summed E-state index contributed by atoms with van der Waals surface area (Å²) in [6.45, 7) is 6.10. The number of carbonyl (C=O) groups is 1. The van der Waals surface area contributed by atoms with Crippen molar-refractivity contribution in [2.45, 2.75) is 58.0 Å². The number of aromatic nitrogens is 3. The molecule has 3 rings (SSSR count). The fourth-order valence-corrected chi connectivity index (χ4v) is 5.06. The summed E-state index contributed by atoms with van der Waals surface area (Å²) in [5, 5.41) is 7.71. The van der Waals surface area contributed by atoms with E-state index in [1.807, 2.05) is 33.8 Å². The smallest absolute Gasteiger partial charge is 0.387 e. The summed E-state index contributed by atoms with van der Waals surface area (Å²) < 4.78 is 58.9. The maximum Gasteiger partial charge on any atom is 0.387 e. The quantitative estimate of drug-likeness (QED) is 0.433. The molecule has 0 spiro atoms. The molecule has 1 amide bonds. The van der Waals surface area contributed by atoms with Gasteiger partial charge >= 0.3 is 6.61 Å². The molecule has 0 unspecified atom stereocenters. The molecular weight excluding hydrogens is 502 g/mol. The van der Waals surface area contributed by atoms with E-state index in [2.05, 4.69) is 19.8 Å². The summed E-state index contributed by atoms with van der Waals surface area (Å²) in [6, 6.07) is 8.99. The molecule has 0 atom stereocenters. The number of amides is 1.